The van der Waals surface area contributed by atoms with Gasteiger partial charge >= 0.3 is 0 Å². The van der Waals surface area contributed by atoms with Crippen LogP contribution in [0.25, 0.3) is 0 Å². The first kappa shape index (κ1) is 65.2. The minimum absolute atomic E-state index is 0.484. The van der Waals surface area contributed by atoms with E-state index >= 15 is 0 Å². The van der Waals surface area contributed by atoms with E-state index in [1.165, 1.54) is 353 Å². The van der Waals surface area contributed by atoms with E-state index in [0.717, 1.165) is 5.92 Å². The molecule has 0 aromatic heterocycles. The fourth-order valence-electron chi connectivity index (χ4n) is 10.7. The van der Waals surface area contributed by atoms with Crippen LogP contribution in [0.4, 0.5) is 0 Å². The van der Waals surface area contributed by atoms with Crippen LogP contribution >= 0.6 is 0 Å². The van der Waals surface area contributed by atoms with Crippen LogP contribution in [0.5, 0.6) is 0 Å². The lowest BCUT2D eigenvalue weighted by atomic mass is 9.89. The van der Waals surface area contributed by atoms with Gasteiger partial charge < -0.3 is 4.90 Å². The Balaban J connectivity index is 4.46. The molecule has 0 fully saturated rings. The van der Waals surface area contributed by atoms with Crippen LogP contribution in [0.15, 0.2) is 17.8 Å². The summed E-state index contributed by atoms with van der Waals surface area (Å²) in [5.41, 5.74) is 0. The van der Waals surface area contributed by atoms with Gasteiger partial charge in [0.2, 0.25) is 0 Å². The summed E-state index contributed by atoms with van der Waals surface area (Å²) in [6.07, 6.45) is 83.6. The minimum atomic E-state index is 0.484. The molecule has 0 saturated heterocycles. The van der Waals surface area contributed by atoms with Crippen LogP contribution in [0.2, 0.25) is 0 Å². The molecule has 1 atom stereocenters. The van der Waals surface area contributed by atoms with E-state index in [2.05, 4.69) is 34.4 Å². The predicted octanol–water partition coefficient (Wildman–Crippen LogP) is 23.6. The van der Waals surface area contributed by atoms with E-state index in [4.69, 9.17) is 4.99 Å². The molecule has 66 heavy (non-hydrogen) atoms. The van der Waals surface area contributed by atoms with E-state index < -0.39 is 0 Å². The highest BCUT2D eigenvalue weighted by Crippen LogP contribution is 2.26. The van der Waals surface area contributed by atoms with Crippen molar-refractivity contribution in [1.82, 2.24) is 4.90 Å². The van der Waals surface area contributed by atoms with Gasteiger partial charge in [-0.2, -0.15) is 0 Å². The number of rotatable bonds is 59. The normalized spacial score (nSPS) is 12.3. The Labute approximate surface area is 420 Å². The second kappa shape index (κ2) is 58.5. The monoisotopic (exact) mass is 925 g/mol. The summed E-state index contributed by atoms with van der Waals surface area (Å²) in [6.45, 7) is 10.9. The Hall–Kier alpha value is -0.790. The summed E-state index contributed by atoms with van der Waals surface area (Å²) in [5, 5.41) is 0. The molecular formula is C64H128N2. The lowest BCUT2D eigenvalue weighted by Gasteiger charge is -2.18. The van der Waals surface area contributed by atoms with Gasteiger partial charge in [-0.15, -0.1) is 0 Å². The summed E-state index contributed by atoms with van der Waals surface area (Å²) in [6, 6.07) is 0.484. The van der Waals surface area contributed by atoms with Gasteiger partial charge in [0.15, 0.2) is 0 Å². The fourth-order valence-corrected chi connectivity index (χ4v) is 10.7. The number of hydrogen-bond donors (Lipinski definition) is 0. The van der Waals surface area contributed by atoms with Gasteiger partial charge in [0.25, 0.3) is 0 Å². The van der Waals surface area contributed by atoms with Crippen LogP contribution in [-0.4, -0.2) is 24.3 Å². The molecule has 0 aliphatic rings. The smallest absolute Gasteiger partial charge is 0.0890 e. The average molecular weight is 926 g/mol. The summed E-state index contributed by atoms with van der Waals surface area (Å²) in [7, 11) is 2.07. The van der Waals surface area contributed by atoms with Gasteiger partial charge in [-0.3, -0.25) is 4.99 Å². The second-order valence-corrected chi connectivity index (χ2v) is 22.2. The molecule has 2 heteroatoms. The van der Waals surface area contributed by atoms with E-state index in [1.54, 1.807) is 0 Å². The minimum Gasteiger partial charge on any atom is -0.343 e. The van der Waals surface area contributed by atoms with Crippen LogP contribution < -0.4 is 0 Å². The van der Waals surface area contributed by atoms with Gasteiger partial charge in [-0.1, -0.05) is 368 Å². The first-order valence-electron chi connectivity index (χ1n) is 31.6. The van der Waals surface area contributed by atoms with Gasteiger partial charge in [-0.05, 0) is 25.0 Å². The fraction of sp³-hybridized carbons (Fsp3) is 0.953. The third-order valence-corrected chi connectivity index (χ3v) is 15.5. The van der Waals surface area contributed by atoms with Crippen molar-refractivity contribution in [2.45, 2.75) is 380 Å². The van der Waals surface area contributed by atoms with E-state index in [-0.39, 0.29) is 0 Å². The Morgan fingerprint density at radius 1 is 0.288 bits per heavy atom. The maximum absolute atomic E-state index is 5.10. The van der Waals surface area contributed by atoms with Gasteiger partial charge in [0.1, 0.15) is 0 Å². The first-order chi connectivity index (χ1) is 32.7. The highest BCUT2D eigenvalue weighted by Gasteiger charge is 2.12. The molecule has 394 valence electrons. The number of unbranched alkanes of at least 4 members (excludes halogenated alkanes) is 46. The third-order valence-electron chi connectivity index (χ3n) is 15.5. The molecule has 0 aliphatic heterocycles. The Morgan fingerprint density at radius 2 is 0.470 bits per heavy atom. The van der Waals surface area contributed by atoms with Crippen molar-refractivity contribution >= 4 is 6.34 Å². The summed E-state index contributed by atoms with van der Waals surface area (Å²) in [5.74, 6) is 0.956. The van der Waals surface area contributed by atoms with Crippen molar-refractivity contribution in [1.29, 1.82) is 0 Å². The highest BCUT2D eigenvalue weighted by molar-refractivity contribution is 5.56. The third kappa shape index (κ3) is 54.2. The maximum atomic E-state index is 5.10. The zero-order valence-corrected chi connectivity index (χ0v) is 46.8. The van der Waals surface area contributed by atoms with Crippen LogP contribution in [0.1, 0.15) is 374 Å². The molecule has 0 radical (unpaired) electrons. The van der Waals surface area contributed by atoms with Crippen molar-refractivity contribution in [3.8, 4) is 0 Å². The number of nitrogens with zero attached hydrogens (tertiary/aromatic N) is 2. The van der Waals surface area contributed by atoms with E-state index in [0.29, 0.717) is 6.04 Å². The Kier molecular flexibility index (Phi) is 57.8. The van der Waals surface area contributed by atoms with Crippen LogP contribution in [-0.2, 0) is 0 Å². The summed E-state index contributed by atoms with van der Waals surface area (Å²) in [4.78, 5) is 7.13. The zero-order valence-electron chi connectivity index (χ0n) is 46.8. The average Bonchev–Trinajstić information content (AvgIpc) is 3.33. The lowest BCUT2D eigenvalue weighted by Crippen LogP contribution is -2.12. The molecule has 0 aliphatic carbocycles. The molecule has 0 spiro atoms. The molecule has 0 aromatic carbocycles. The Morgan fingerprint density at radius 3 is 0.697 bits per heavy atom. The summed E-state index contributed by atoms with van der Waals surface area (Å²) >= 11 is 0. The molecule has 0 heterocycles. The maximum Gasteiger partial charge on any atom is 0.0890 e. The van der Waals surface area contributed by atoms with Gasteiger partial charge in [-0.25, -0.2) is 0 Å². The van der Waals surface area contributed by atoms with Crippen molar-refractivity contribution in [3.05, 3.63) is 12.8 Å². The predicted molar refractivity (Wildman–Crippen MR) is 305 cm³/mol. The summed E-state index contributed by atoms with van der Waals surface area (Å²) < 4.78 is 0. The molecule has 0 bridgehead atoms. The quantitative estimate of drug-likeness (QED) is 0.0337. The molecule has 0 saturated carbocycles. The topological polar surface area (TPSA) is 15.6 Å². The first-order valence-corrected chi connectivity index (χ1v) is 31.6. The standard InChI is InChI=1S/C64H128N2/c1-6-10-13-16-19-22-25-28-31-34-37-40-43-46-49-52-57-63(58-53-50-47-44-41-38-35-32-29-26-23-20-17-14-11-7-2)59-55-56-61-64(65-62-66(5)9-4)60-54-51-48-45-42-39-36-33-30-27-24-21-18-15-12-8-3/h9,62-64H,4,6-8,10-61H2,1-3,5H3. The van der Waals surface area contributed by atoms with E-state index in [9.17, 15) is 0 Å². The lowest BCUT2D eigenvalue weighted by molar-refractivity contribution is 0.362. The second-order valence-electron chi connectivity index (χ2n) is 22.2. The molecule has 2 nitrogen and oxygen atoms in total. The van der Waals surface area contributed by atoms with Crippen LogP contribution in [0, 0.1) is 5.92 Å². The molecular weight excluding hydrogens is 797 g/mol. The molecule has 0 rings (SSSR count). The molecule has 0 aromatic rings. The van der Waals surface area contributed by atoms with Gasteiger partial charge in [0, 0.05) is 7.05 Å². The zero-order chi connectivity index (χ0) is 47.7. The highest BCUT2D eigenvalue weighted by atomic mass is 15.1. The SMILES string of the molecule is C=CN(C)C=NC(CCCCCCCCCCCCCCCCCC)CCCCC(CCCCCCCCCCCCCCCCCC)CCCCCCCCCCCCCCCCCC. The molecule has 0 N–H and O–H groups in total. The van der Waals surface area contributed by atoms with Crippen molar-refractivity contribution < 1.29 is 0 Å². The van der Waals surface area contributed by atoms with Crippen molar-refractivity contribution in [3.63, 3.8) is 0 Å². The Bertz CT molecular complexity index is 859. The molecule has 0 amide bonds. The number of hydrogen-bond acceptors (Lipinski definition) is 1. The van der Waals surface area contributed by atoms with Crippen molar-refractivity contribution in [2.24, 2.45) is 10.9 Å². The van der Waals surface area contributed by atoms with Crippen molar-refractivity contribution in [2.75, 3.05) is 7.05 Å². The van der Waals surface area contributed by atoms with Gasteiger partial charge in [0.05, 0.1) is 12.4 Å². The number of aliphatic imine (C=N–C) groups is 1. The van der Waals surface area contributed by atoms with E-state index in [1.807, 2.05) is 17.4 Å². The largest absolute Gasteiger partial charge is 0.343 e. The molecule has 1 unspecified atom stereocenters. The van der Waals surface area contributed by atoms with Crippen LogP contribution in [0.3, 0.4) is 0 Å².